The van der Waals surface area contributed by atoms with Crippen LogP contribution in [0.1, 0.15) is 19.2 Å². The maximum Gasteiger partial charge on any atom is 0.240 e. The van der Waals surface area contributed by atoms with E-state index >= 15 is 0 Å². The number of nitrogens with zero attached hydrogens (tertiary/aromatic N) is 3. The summed E-state index contributed by atoms with van der Waals surface area (Å²) >= 11 is 3.28. The number of fused-ring (bicyclic) bond motifs is 1. The van der Waals surface area contributed by atoms with Crippen LogP contribution in [-0.4, -0.2) is 42.4 Å². The van der Waals surface area contributed by atoms with Gasteiger partial charge in [-0.3, -0.25) is 4.79 Å². The molecule has 9 heteroatoms. The first-order valence-corrected chi connectivity index (χ1v) is 11.5. The largest absolute Gasteiger partial charge is 0.338 e. The molecule has 1 N–H and O–H groups in total. The lowest BCUT2D eigenvalue weighted by Gasteiger charge is -2.18. The van der Waals surface area contributed by atoms with Gasteiger partial charge in [-0.15, -0.1) is 0 Å². The summed E-state index contributed by atoms with van der Waals surface area (Å²) in [6, 6.07) is 14.2. The number of para-hydroxylation sites is 2. The summed E-state index contributed by atoms with van der Waals surface area (Å²) in [6.45, 7) is 3.19. The van der Waals surface area contributed by atoms with Crippen molar-refractivity contribution in [1.29, 1.82) is 0 Å². The second-order valence-electron chi connectivity index (χ2n) is 6.61. The van der Waals surface area contributed by atoms with Crippen LogP contribution >= 0.6 is 15.9 Å². The first-order chi connectivity index (χ1) is 13.8. The van der Waals surface area contributed by atoms with Crippen LogP contribution in [0, 0.1) is 0 Å². The number of nitrogens with one attached hydrogen (secondary N) is 1. The highest BCUT2D eigenvalue weighted by Crippen LogP contribution is 2.17. The van der Waals surface area contributed by atoms with E-state index in [-0.39, 0.29) is 23.8 Å². The summed E-state index contributed by atoms with van der Waals surface area (Å²) in [6.07, 6.45) is 0.0681. The molecule has 0 bridgehead atoms. The number of halogens is 1. The van der Waals surface area contributed by atoms with Gasteiger partial charge in [0.2, 0.25) is 15.9 Å². The fourth-order valence-corrected chi connectivity index (χ4v) is 4.38. The lowest BCUT2D eigenvalue weighted by molar-refractivity contribution is -0.130. The van der Waals surface area contributed by atoms with Crippen molar-refractivity contribution in [3.8, 4) is 0 Å². The van der Waals surface area contributed by atoms with E-state index in [9.17, 15) is 13.2 Å². The fourth-order valence-electron chi connectivity index (χ4n) is 3.08. The molecule has 2 aromatic carbocycles. The standard InChI is InChI=1S/C20H23BrN4O3S/c1-3-25-18-7-5-4-6-17(18)23-19(25)14-24(2)20(26)12-13-22-29(27,28)16-10-8-15(21)9-11-16/h4-11,22H,3,12-14H2,1-2H3. The number of rotatable bonds is 8. The summed E-state index contributed by atoms with van der Waals surface area (Å²) in [5.74, 6) is 0.651. The van der Waals surface area contributed by atoms with Gasteiger partial charge < -0.3 is 9.47 Å². The Labute approximate surface area is 178 Å². The Hall–Kier alpha value is -2.23. The van der Waals surface area contributed by atoms with Crippen LogP contribution in [0.2, 0.25) is 0 Å². The Bertz CT molecular complexity index is 1110. The molecule has 0 unspecified atom stereocenters. The number of benzene rings is 2. The number of carbonyl (C=O) groups excluding carboxylic acids is 1. The second kappa shape index (κ2) is 9.06. The summed E-state index contributed by atoms with van der Waals surface area (Å²) in [4.78, 5) is 18.8. The van der Waals surface area contributed by atoms with Crippen molar-refractivity contribution in [1.82, 2.24) is 19.2 Å². The van der Waals surface area contributed by atoms with Gasteiger partial charge in [0.05, 0.1) is 22.5 Å². The maximum atomic E-state index is 12.5. The number of amides is 1. The van der Waals surface area contributed by atoms with Crippen molar-refractivity contribution in [2.45, 2.75) is 31.3 Å². The lowest BCUT2D eigenvalue weighted by Crippen LogP contribution is -2.32. The molecule has 1 heterocycles. The van der Waals surface area contributed by atoms with Gasteiger partial charge in [0, 0.05) is 31.0 Å². The molecule has 0 atom stereocenters. The highest BCUT2D eigenvalue weighted by atomic mass is 79.9. The van der Waals surface area contributed by atoms with E-state index in [1.807, 2.05) is 31.2 Å². The molecule has 0 fully saturated rings. The molecule has 3 rings (SSSR count). The van der Waals surface area contributed by atoms with Crippen molar-refractivity contribution in [3.63, 3.8) is 0 Å². The zero-order chi connectivity index (χ0) is 21.0. The van der Waals surface area contributed by atoms with Crippen LogP contribution in [0.15, 0.2) is 57.9 Å². The average Bonchev–Trinajstić information content (AvgIpc) is 3.04. The first-order valence-electron chi connectivity index (χ1n) is 9.25. The Balaban J connectivity index is 1.59. The molecule has 1 aromatic heterocycles. The zero-order valence-corrected chi connectivity index (χ0v) is 18.7. The molecule has 29 heavy (non-hydrogen) atoms. The van der Waals surface area contributed by atoms with E-state index in [0.29, 0.717) is 6.54 Å². The normalized spacial score (nSPS) is 11.7. The number of hydrogen-bond acceptors (Lipinski definition) is 4. The molecule has 0 aliphatic heterocycles. The third-order valence-corrected chi connectivity index (χ3v) is 6.61. The molecule has 0 aliphatic carbocycles. The summed E-state index contributed by atoms with van der Waals surface area (Å²) < 4.78 is 30.0. The minimum absolute atomic E-state index is 0.0335. The topological polar surface area (TPSA) is 84.3 Å². The molecular formula is C20H23BrN4O3S. The highest BCUT2D eigenvalue weighted by Gasteiger charge is 2.17. The number of imidazole rings is 1. The molecule has 7 nitrogen and oxygen atoms in total. The van der Waals surface area contributed by atoms with E-state index in [1.54, 1.807) is 24.1 Å². The lowest BCUT2D eigenvalue weighted by atomic mass is 10.3. The van der Waals surface area contributed by atoms with Crippen LogP contribution in [0.25, 0.3) is 11.0 Å². The van der Waals surface area contributed by atoms with E-state index in [0.717, 1.165) is 27.9 Å². The number of carbonyl (C=O) groups is 1. The quantitative estimate of drug-likeness (QED) is 0.538. The molecular weight excluding hydrogens is 456 g/mol. The first kappa shape index (κ1) is 21.5. The Kier molecular flexibility index (Phi) is 6.71. The Morgan fingerprint density at radius 2 is 1.86 bits per heavy atom. The molecule has 0 saturated heterocycles. The average molecular weight is 479 g/mol. The third kappa shape index (κ3) is 5.04. The van der Waals surface area contributed by atoms with Gasteiger partial charge in [0.15, 0.2) is 0 Å². The molecule has 0 radical (unpaired) electrons. The van der Waals surface area contributed by atoms with Crippen LogP contribution in [-0.2, 0) is 27.9 Å². The van der Waals surface area contributed by atoms with Crippen LogP contribution in [0.3, 0.4) is 0 Å². The molecule has 0 saturated carbocycles. The molecule has 3 aromatic rings. The Morgan fingerprint density at radius 1 is 1.17 bits per heavy atom. The van der Waals surface area contributed by atoms with E-state index in [1.165, 1.54) is 12.1 Å². The van der Waals surface area contributed by atoms with E-state index < -0.39 is 10.0 Å². The van der Waals surface area contributed by atoms with Gasteiger partial charge in [-0.2, -0.15) is 0 Å². The maximum absolute atomic E-state index is 12.5. The van der Waals surface area contributed by atoms with Gasteiger partial charge >= 0.3 is 0 Å². The predicted octanol–water partition coefficient (Wildman–Crippen LogP) is 3.15. The summed E-state index contributed by atoms with van der Waals surface area (Å²) in [5, 5.41) is 0. The van der Waals surface area contributed by atoms with Crippen molar-refractivity contribution >= 4 is 42.9 Å². The van der Waals surface area contributed by atoms with Gasteiger partial charge in [0.25, 0.3) is 0 Å². The SMILES string of the molecule is CCn1c(CN(C)C(=O)CCNS(=O)(=O)c2ccc(Br)cc2)nc2ccccc21. The van der Waals surface area contributed by atoms with Gasteiger partial charge in [-0.05, 0) is 43.3 Å². The van der Waals surface area contributed by atoms with Crippen LogP contribution in [0.4, 0.5) is 0 Å². The minimum Gasteiger partial charge on any atom is -0.338 e. The van der Waals surface area contributed by atoms with Gasteiger partial charge in [-0.25, -0.2) is 18.1 Å². The molecule has 1 amide bonds. The summed E-state index contributed by atoms with van der Waals surface area (Å²) in [7, 11) is -1.94. The van der Waals surface area contributed by atoms with Crippen LogP contribution < -0.4 is 4.72 Å². The molecule has 0 aliphatic rings. The number of aromatic nitrogens is 2. The predicted molar refractivity (Wildman–Crippen MR) is 116 cm³/mol. The smallest absolute Gasteiger partial charge is 0.240 e. The monoisotopic (exact) mass is 478 g/mol. The van der Waals surface area contributed by atoms with Crippen molar-refractivity contribution in [3.05, 3.63) is 58.8 Å². The second-order valence-corrected chi connectivity index (χ2v) is 9.30. The van der Waals surface area contributed by atoms with E-state index in [4.69, 9.17) is 0 Å². The number of aryl methyl sites for hydroxylation is 1. The van der Waals surface area contributed by atoms with Gasteiger partial charge in [-0.1, -0.05) is 28.1 Å². The highest BCUT2D eigenvalue weighted by molar-refractivity contribution is 9.10. The van der Waals surface area contributed by atoms with Crippen LogP contribution in [0.5, 0.6) is 0 Å². The zero-order valence-electron chi connectivity index (χ0n) is 16.3. The van der Waals surface area contributed by atoms with Crippen molar-refractivity contribution in [2.75, 3.05) is 13.6 Å². The number of sulfonamides is 1. The molecule has 0 spiro atoms. The minimum atomic E-state index is -3.64. The fraction of sp³-hybridized carbons (Fsp3) is 0.300. The van der Waals surface area contributed by atoms with Crippen molar-refractivity contribution < 1.29 is 13.2 Å². The summed E-state index contributed by atoms with van der Waals surface area (Å²) in [5.41, 5.74) is 1.93. The van der Waals surface area contributed by atoms with Gasteiger partial charge in [0.1, 0.15) is 5.82 Å². The van der Waals surface area contributed by atoms with E-state index in [2.05, 4.69) is 30.2 Å². The Morgan fingerprint density at radius 3 is 2.55 bits per heavy atom. The molecule has 154 valence electrons. The third-order valence-electron chi connectivity index (χ3n) is 4.61. The van der Waals surface area contributed by atoms with Crippen molar-refractivity contribution in [2.24, 2.45) is 0 Å². The number of hydrogen-bond donors (Lipinski definition) is 1.